The Labute approximate surface area is 115 Å². The molecule has 2 rings (SSSR count). The summed E-state index contributed by atoms with van der Waals surface area (Å²) < 4.78 is 0. The van der Waals surface area contributed by atoms with Crippen LogP contribution in [0.25, 0.3) is 11.1 Å². The predicted molar refractivity (Wildman–Crippen MR) is 70.6 cm³/mol. The number of halogens is 2. The summed E-state index contributed by atoms with van der Waals surface area (Å²) in [6, 6.07) is 12.5. The molecule has 4 heteroatoms. The standard InChI is InChI=1S/C14H10Cl2O2/c15-11-3-1-2-10(8-11)12-5-4-9(6-13(12)16)7-14(17)18/h1-6,8H,7H2,(H,17,18)/p-1. The Morgan fingerprint density at radius 3 is 2.50 bits per heavy atom. The minimum absolute atomic E-state index is 0.143. The van der Waals surface area contributed by atoms with Crippen LogP contribution in [0, 0.1) is 0 Å². The van der Waals surface area contributed by atoms with Crippen molar-refractivity contribution in [2.24, 2.45) is 0 Å². The van der Waals surface area contributed by atoms with E-state index in [0.717, 1.165) is 11.1 Å². The zero-order valence-corrected chi connectivity index (χ0v) is 10.8. The van der Waals surface area contributed by atoms with Crippen molar-refractivity contribution in [3.05, 3.63) is 58.1 Å². The fraction of sp³-hybridized carbons (Fsp3) is 0.0714. The van der Waals surface area contributed by atoms with Crippen molar-refractivity contribution in [1.29, 1.82) is 0 Å². The van der Waals surface area contributed by atoms with Crippen molar-refractivity contribution >= 4 is 29.2 Å². The molecule has 0 spiro atoms. The molecule has 0 heterocycles. The summed E-state index contributed by atoms with van der Waals surface area (Å²) in [6.45, 7) is 0. The highest BCUT2D eigenvalue weighted by Gasteiger charge is 2.05. The van der Waals surface area contributed by atoms with Crippen LogP contribution in [0.3, 0.4) is 0 Å². The molecule has 0 amide bonds. The Morgan fingerprint density at radius 2 is 1.89 bits per heavy atom. The molecule has 0 saturated heterocycles. The van der Waals surface area contributed by atoms with Crippen molar-refractivity contribution in [2.75, 3.05) is 0 Å². The number of carboxylic acids is 1. The number of carboxylic acid groups (broad SMARTS) is 1. The molecule has 92 valence electrons. The van der Waals surface area contributed by atoms with Crippen LogP contribution in [-0.4, -0.2) is 5.97 Å². The quantitative estimate of drug-likeness (QED) is 0.867. The maximum absolute atomic E-state index is 10.5. The normalized spacial score (nSPS) is 10.3. The molecular weight excluding hydrogens is 271 g/mol. The van der Waals surface area contributed by atoms with Gasteiger partial charge in [0.1, 0.15) is 0 Å². The number of carbonyl (C=O) groups excluding carboxylic acids is 1. The third-order valence-corrected chi connectivity index (χ3v) is 3.07. The molecule has 0 unspecified atom stereocenters. The van der Waals surface area contributed by atoms with Crippen molar-refractivity contribution < 1.29 is 9.90 Å². The van der Waals surface area contributed by atoms with Crippen LogP contribution < -0.4 is 5.11 Å². The van der Waals surface area contributed by atoms with Crippen molar-refractivity contribution in [3.8, 4) is 11.1 Å². The molecule has 0 atom stereocenters. The van der Waals surface area contributed by atoms with Crippen LogP contribution in [0.1, 0.15) is 5.56 Å². The predicted octanol–water partition coefficient (Wildman–Crippen LogP) is 2.95. The molecule has 2 aromatic rings. The van der Waals surface area contributed by atoms with Crippen LogP contribution >= 0.6 is 23.2 Å². The average Bonchev–Trinajstić information content (AvgIpc) is 2.28. The number of aliphatic carboxylic acids is 1. The van der Waals surface area contributed by atoms with E-state index in [-0.39, 0.29) is 6.42 Å². The molecule has 0 saturated carbocycles. The van der Waals surface area contributed by atoms with E-state index in [1.165, 1.54) is 0 Å². The van der Waals surface area contributed by atoms with Gasteiger partial charge in [0.25, 0.3) is 0 Å². The van der Waals surface area contributed by atoms with E-state index in [0.29, 0.717) is 15.6 Å². The molecule has 0 aromatic heterocycles. The highest BCUT2D eigenvalue weighted by atomic mass is 35.5. The smallest absolute Gasteiger partial charge is 0.0487 e. The molecule has 0 radical (unpaired) electrons. The van der Waals surface area contributed by atoms with E-state index in [1.54, 1.807) is 30.3 Å². The third kappa shape index (κ3) is 3.03. The lowest BCUT2D eigenvalue weighted by molar-refractivity contribution is -0.304. The fourth-order valence-electron chi connectivity index (χ4n) is 1.73. The summed E-state index contributed by atoms with van der Waals surface area (Å²) in [5.74, 6) is -1.12. The molecule has 18 heavy (non-hydrogen) atoms. The minimum Gasteiger partial charge on any atom is -0.550 e. The molecule has 0 N–H and O–H groups in total. The Morgan fingerprint density at radius 1 is 1.11 bits per heavy atom. The van der Waals surface area contributed by atoms with Crippen molar-refractivity contribution in [1.82, 2.24) is 0 Å². The minimum atomic E-state index is -1.12. The summed E-state index contributed by atoms with van der Waals surface area (Å²) in [6.07, 6.45) is -0.143. The van der Waals surface area contributed by atoms with Crippen molar-refractivity contribution in [3.63, 3.8) is 0 Å². The van der Waals surface area contributed by atoms with E-state index >= 15 is 0 Å². The Kier molecular flexibility index (Phi) is 3.90. The summed E-state index contributed by atoms with van der Waals surface area (Å²) in [5, 5.41) is 11.6. The second kappa shape index (κ2) is 5.42. The number of hydrogen-bond acceptors (Lipinski definition) is 2. The van der Waals surface area contributed by atoms with Gasteiger partial charge in [-0.1, -0.05) is 47.5 Å². The first-order valence-electron chi connectivity index (χ1n) is 5.30. The maximum atomic E-state index is 10.5. The lowest BCUT2D eigenvalue weighted by Crippen LogP contribution is -2.24. The topological polar surface area (TPSA) is 40.1 Å². The summed E-state index contributed by atoms with van der Waals surface area (Å²) >= 11 is 12.1. The Balaban J connectivity index is 2.38. The van der Waals surface area contributed by atoms with Gasteiger partial charge in [-0.3, -0.25) is 0 Å². The monoisotopic (exact) mass is 279 g/mol. The summed E-state index contributed by atoms with van der Waals surface area (Å²) in [5.41, 5.74) is 2.33. The van der Waals surface area contributed by atoms with Gasteiger partial charge in [0.2, 0.25) is 0 Å². The molecule has 0 aliphatic heterocycles. The SMILES string of the molecule is O=C([O-])Cc1ccc(-c2cccc(Cl)c2)c(Cl)c1. The molecule has 0 aliphatic carbocycles. The number of benzene rings is 2. The maximum Gasteiger partial charge on any atom is 0.0487 e. The summed E-state index contributed by atoms with van der Waals surface area (Å²) in [4.78, 5) is 10.5. The first kappa shape index (κ1) is 12.9. The lowest BCUT2D eigenvalue weighted by atomic mass is 10.0. The van der Waals surface area contributed by atoms with Gasteiger partial charge in [0.15, 0.2) is 0 Å². The average molecular weight is 280 g/mol. The first-order chi connectivity index (χ1) is 8.56. The van der Waals surface area contributed by atoms with Gasteiger partial charge in [-0.2, -0.15) is 0 Å². The highest BCUT2D eigenvalue weighted by molar-refractivity contribution is 6.34. The highest BCUT2D eigenvalue weighted by Crippen LogP contribution is 2.30. The van der Waals surface area contributed by atoms with E-state index < -0.39 is 5.97 Å². The van der Waals surface area contributed by atoms with Gasteiger partial charge >= 0.3 is 0 Å². The molecular formula is C14H9Cl2O2-. The van der Waals surface area contributed by atoms with Crippen LogP contribution in [0.15, 0.2) is 42.5 Å². The number of carbonyl (C=O) groups is 1. The number of rotatable bonds is 3. The molecule has 0 fully saturated rings. The molecule has 2 aromatic carbocycles. The largest absolute Gasteiger partial charge is 0.550 e. The van der Waals surface area contributed by atoms with Crippen LogP contribution in [0.2, 0.25) is 10.0 Å². The van der Waals surface area contributed by atoms with E-state index in [2.05, 4.69) is 0 Å². The molecule has 0 aliphatic rings. The van der Waals surface area contributed by atoms with Gasteiger partial charge in [0.05, 0.1) is 0 Å². The van der Waals surface area contributed by atoms with E-state index in [9.17, 15) is 9.90 Å². The zero-order valence-electron chi connectivity index (χ0n) is 9.32. The van der Waals surface area contributed by atoms with Gasteiger partial charge in [-0.15, -0.1) is 0 Å². The van der Waals surface area contributed by atoms with Gasteiger partial charge in [-0.25, -0.2) is 0 Å². The van der Waals surface area contributed by atoms with Crippen molar-refractivity contribution in [2.45, 2.75) is 6.42 Å². The Bertz CT molecular complexity index is 594. The summed E-state index contributed by atoms with van der Waals surface area (Å²) in [7, 11) is 0. The molecule has 2 nitrogen and oxygen atoms in total. The van der Waals surface area contributed by atoms with E-state index in [4.69, 9.17) is 23.2 Å². The van der Waals surface area contributed by atoms with Crippen LogP contribution in [-0.2, 0) is 11.2 Å². The van der Waals surface area contributed by atoms with Crippen LogP contribution in [0.5, 0.6) is 0 Å². The second-order valence-electron chi connectivity index (χ2n) is 3.87. The second-order valence-corrected chi connectivity index (χ2v) is 4.72. The van der Waals surface area contributed by atoms with Gasteiger partial charge in [-0.05, 0) is 29.3 Å². The zero-order chi connectivity index (χ0) is 13.1. The fourth-order valence-corrected chi connectivity index (χ4v) is 2.23. The Hall–Kier alpha value is -1.51. The van der Waals surface area contributed by atoms with E-state index in [1.807, 2.05) is 12.1 Å². The van der Waals surface area contributed by atoms with Gasteiger partial charge < -0.3 is 9.90 Å². The van der Waals surface area contributed by atoms with Crippen LogP contribution in [0.4, 0.5) is 0 Å². The number of hydrogen-bond donors (Lipinski definition) is 0. The van der Waals surface area contributed by atoms with Gasteiger partial charge in [0, 0.05) is 28.0 Å². The third-order valence-electron chi connectivity index (χ3n) is 2.52. The lowest BCUT2D eigenvalue weighted by Gasteiger charge is -2.08. The first-order valence-corrected chi connectivity index (χ1v) is 6.06. The molecule has 0 bridgehead atoms.